The Morgan fingerprint density at radius 2 is 2.25 bits per heavy atom. The number of hydrogen-bond acceptors (Lipinski definition) is 3. The van der Waals surface area contributed by atoms with Gasteiger partial charge in [0.2, 0.25) is 0 Å². The summed E-state index contributed by atoms with van der Waals surface area (Å²) in [5, 5.41) is 0. The Balaban J connectivity index is 1.77. The number of rotatable bonds is 6. The SMILES string of the molecule is CCN(CCc1ccc(N)cn1)CC1CC1. The van der Waals surface area contributed by atoms with E-state index in [4.69, 9.17) is 5.73 Å². The van der Waals surface area contributed by atoms with E-state index in [2.05, 4.69) is 16.8 Å². The van der Waals surface area contributed by atoms with Crippen molar-refractivity contribution in [3.8, 4) is 0 Å². The van der Waals surface area contributed by atoms with Gasteiger partial charge in [-0.15, -0.1) is 0 Å². The van der Waals surface area contributed by atoms with Crippen molar-refractivity contribution in [1.29, 1.82) is 0 Å². The third-order valence-corrected chi connectivity index (χ3v) is 3.19. The average molecular weight is 219 g/mol. The van der Waals surface area contributed by atoms with Gasteiger partial charge in [-0.3, -0.25) is 4.98 Å². The predicted octanol–water partition coefficient (Wildman–Crippen LogP) is 1.94. The second-order valence-corrected chi connectivity index (χ2v) is 4.67. The molecule has 0 atom stereocenters. The maximum Gasteiger partial charge on any atom is 0.0501 e. The highest BCUT2D eigenvalue weighted by atomic mass is 15.1. The van der Waals surface area contributed by atoms with Crippen molar-refractivity contribution in [1.82, 2.24) is 9.88 Å². The van der Waals surface area contributed by atoms with Crippen LogP contribution in [-0.4, -0.2) is 29.5 Å². The summed E-state index contributed by atoms with van der Waals surface area (Å²) in [5.41, 5.74) is 7.50. The van der Waals surface area contributed by atoms with Crippen LogP contribution in [0.1, 0.15) is 25.5 Å². The maximum absolute atomic E-state index is 5.61. The van der Waals surface area contributed by atoms with Crippen LogP contribution in [0.4, 0.5) is 5.69 Å². The van der Waals surface area contributed by atoms with Gasteiger partial charge in [-0.05, 0) is 37.4 Å². The molecule has 0 bridgehead atoms. The summed E-state index contributed by atoms with van der Waals surface area (Å²) in [6.45, 7) is 5.76. The van der Waals surface area contributed by atoms with Crippen molar-refractivity contribution < 1.29 is 0 Å². The quantitative estimate of drug-likeness (QED) is 0.795. The van der Waals surface area contributed by atoms with Gasteiger partial charge in [0.15, 0.2) is 0 Å². The summed E-state index contributed by atoms with van der Waals surface area (Å²) in [7, 11) is 0. The number of anilines is 1. The van der Waals surface area contributed by atoms with Gasteiger partial charge in [-0.2, -0.15) is 0 Å². The molecule has 0 aromatic carbocycles. The van der Waals surface area contributed by atoms with Crippen molar-refractivity contribution >= 4 is 5.69 Å². The van der Waals surface area contributed by atoms with E-state index in [1.165, 1.54) is 19.4 Å². The van der Waals surface area contributed by atoms with Crippen LogP contribution in [0.15, 0.2) is 18.3 Å². The lowest BCUT2D eigenvalue weighted by Crippen LogP contribution is -2.28. The van der Waals surface area contributed by atoms with Crippen molar-refractivity contribution in [2.45, 2.75) is 26.2 Å². The summed E-state index contributed by atoms with van der Waals surface area (Å²) in [4.78, 5) is 6.85. The third-order valence-electron chi connectivity index (χ3n) is 3.19. The van der Waals surface area contributed by atoms with Crippen LogP contribution in [0.25, 0.3) is 0 Å². The molecule has 2 rings (SSSR count). The van der Waals surface area contributed by atoms with Gasteiger partial charge in [0.1, 0.15) is 0 Å². The minimum atomic E-state index is 0.745. The zero-order valence-corrected chi connectivity index (χ0v) is 10.0. The van der Waals surface area contributed by atoms with Crippen molar-refractivity contribution in [2.75, 3.05) is 25.4 Å². The minimum absolute atomic E-state index is 0.745. The maximum atomic E-state index is 5.61. The first-order valence-electron chi connectivity index (χ1n) is 6.20. The number of nitrogens with two attached hydrogens (primary N) is 1. The number of likely N-dealkylation sites (N-methyl/N-ethyl adjacent to an activating group) is 1. The number of pyridine rings is 1. The second-order valence-electron chi connectivity index (χ2n) is 4.67. The molecule has 1 aromatic rings. The summed E-state index contributed by atoms with van der Waals surface area (Å²) in [6.07, 6.45) is 5.63. The highest BCUT2D eigenvalue weighted by molar-refractivity contribution is 5.34. The first-order chi connectivity index (χ1) is 7.78. The van der Waals surface area contributed by atoms with Crippen LogP contribution in [-0.2, 0) is 6.42 Å². The molecule has 0 aliphatic heterocycles. The number of hydrogen-bond donors (Lipinski definition) is 1. The molecule has 0 spiro atoms. The van der Waals surface area contributed by atoms with E-state index in [9.17, 15) is 0 Å². The molecule has 0 radical (unpaired) electrons. The van der Waals surface area contributed by atoms with E-state index in [-0.39, 0.29) is 0 Å². The van der Waals surface area contributed by atoms with Gasteiger partial charge in [0.25, 0.3) is 0 Å². The van der Waals surface area contributed by atoms with Gasteiger partial charge >= 0.3 is 0 Å². The molecule has 0 unspecified atom stereocenters. The van der Waals surface area contributed by atoms with E-state index in [0.717, 1.165) is 36.8 Å². The molecule has 1 fully saturated rings. The second kappa shape index (κ2) is 5.30. The van der Waals surface area contributed by atoms with Gasteiger partial charge in [0, 0.05) is 25.2 Å². The van der Waals surface area contributed by atoms with Crippen LogP contribution in [0, 0.1) is 5.92 Å². The average Bonchev–Trinajstić information content (AvgIpc) is 3.10. The third kappa shape index (κ3) is 3.49. The van der Waals surface area contributed by atoms with Gasteiger partial charge < -0.3 is 10.6 Å². The Morgan fingerprint density at radius 1 is 1.44 bits per heavy atom. The summed E-state index contributed by atoms with van der Waals surface area (Å²) in [5.74, 6) is 0.972. The lowest BCUT2D eigenvalue weighted by atomic mass is 10.2. The number of aromatic nitrogens is 1. The van der Waals surface area contributed by atoms with E-state index in [1.54, 1.807) is 6.20 Å². The summed E-state index contributed by atoms with van der Waals surface area (Å²) in [6, 6.07) is 3.96. The van der Waals surface area contributed by atoms with E-state index < -0.39 is 0 Å². The molecule has 1 aliphatic carbocycles. The Hall–Kier alpha value is -1.09. The standard InChI is InChI=1S/C13H21N3/c1-2-16(10-11-3-4-11)8-7-13-6-5-12(14)9-15-13/h5-6,9,11H,2-4,7-8,10,14H2,1H3. The number of nitrogen functional groups attached to an aromatic ring is 1. The highest BCUT2D eigenvalue weighted by Crippen LogP contribution is 2.29. The Kier molecular flexibility index (Phi) is 3.78. The molecule has 16 heavy (non-hydrogen) atoms. The molecule has 1 saturated carbocycles. The minimum Gasteiger partial charge on any atom is -0.397 e. The van der Waals surface area contributed by atoms with E-state index >= 15 is 0 Å². The Morgan fingerprint density at radius 3 is 2.81 bits per heavy atom. The fourth-order valence-corrected chi connectivity index (χ4v) is 1.90. The molecule has 88 valence electrons. The predicted molar refractivity (Wildman–Crippen MR) is 67.2 cm³/mol. The fraction of sp³-hybridized carbons (Fsp3) is 0.615. The number of nitrogens with zero attached hydrogens (tertiary/aromatic N) is 2. The zero-order valence-electron chi connectivity index (χ0n) is 10.0. The summed E-state index contributed by atoms with van der Waals surface area (Å²) < 4.78 is 0. The van der Waals surface area contributed by atoms with Gasteiger partial charge in [-0.1, -0.05) is 6.92 Å². The molecule has 3 heteroatoms. The lowest BCUT2D eigenvalue weighted by molar-refractivity contribution is 0.279. The molecular formula is C13H21N3. The molecule has 3 nitrogen and oxygen atoms in total. The first kappa shape index (κ1) is 11.4. The first-order valence-corrected chi connectivity index (χ1v) is 6.20. The molecule has 1 aliphatic rings. The van der Waals surface area contributed by atoms with Crippen LogP contribution < -0.4 is 5.73 Å². The van der Waals surface area contributed by atoms with Crippen molar-refractivity contribution in [3.05, 3.63) is 24.0 Å². The largest absolute Gasteiger partial charge is 0.397 e. The van der Waals surface area contributed by atoms with Crippen LogP contribution >= 0.6 is 0 Å². The zero-order chi connectivity index (χ0) is 11.4. The highest BCUT2D eigenvalue weighted by Gasteiger charge is 2.23. The molecular weight excluding hydrogens is 198 g/mol. The topological polar surface area (TPSA) is 42.1 Å². The monoisotopic (exact) mass is 219 g/mol. The summed E-state index contributed by atoms with van der Waals surface area (Å²) >= 11 is 0. The van der Waals surface area contributed by atoms with Crippen LogP contribution in [0.5, 0.6) is 0 Å². The molecule has 2 N–H and O–H groups in total. The molecule has 1 aromatic heterocycles. The van der Waals surface area contributed by atoms with Crippen molar-refractivity contribution in [3.63, 3.8) is 0 Å². The van der Waals surface area contributed by atoms with Gasteiger partial charge in [-0.25, -0.2) is 0 Å². The van der Waals surface area contributed by atoms with E-state index in [0.29, 0.717) is 0 Å². The smallest absolute Gasteiger partial charge is 0.0501 e. The molecule has 0 amide bonds. The Labute approximate surface area is 97.7 Å². The molecule has 0 saturated heterocycles. The molecule has 1 heterocycles. The Bertz CT molecular complexity index is 316. The van der Waals surface area contributed by atoms with E-state index in [1.807, 2.05) is 12.1 Å². The van der Waals surface area contributed by atoms with Crippen LogP contribution in [0.2, 0.25) is 0 Å². The van der Waals surface area contributed by atoms with Crippen molar-refractivity contribution in [2.24, 2.45) is 5.92 Å². The normalized spacial score (nSPS) is 15.6. The fourth-order valence-electron chi connectivity index (χ4n) is 1.90. The lowest BCUT2D eigenvalue weighted by Gasteiger charge is -2.19. The van der Waals surface area contributed by atoms with Crippen LogP contribution in [0.3, 0.4) is 0 Å². The van der Waals surface area contributed by atoms with Gasteiger partial charge in [0.05, 0.1) is 11.9 Å².